The summed E-state index contributed by atoms with van der Waals surface area (Å²) in [5.74, 6) is 0.147. The van der Waals surface area contributed by atoms with E-state index in [9.17, 15) is 26.4 Å². The maximum absolute atomic E-state index is 12.5. The first kappa shape index (κ1) is 23.3. The molecule has 0 bridgehead atoms. The number of rotatable bonds is 8. The van der Waals surface area contributed by atoms with Crippen molar-refractivity contribution in [1.29, 1.82) is 0 Å². The van der Waals surface area contributed by atoms with Crippen LogP contribution in [-0.4, -0.2) is 31.0 Å². The van der Waals surface area contributed by atoms with Gasteiger partial charge in [-0.25, -0.2) is 4.98 Å². The van der Waals surface area contributed by atoms with Gasteiger partial charge in [0.2, 0.25) is 0 Å². The van der Waals surface area contributed by atoms with E-state index in [-0.39, 0.29) is 30.2 Å². The largest absolute Gasteiger partial charge is 0.534 e. The molecule has 1 N–H and O–H groups in total. The molecule has 0 saturated carbocycles. The van der Waals surface area contributed by atoms with Crippen molar-refractivity contribution in [3.63, 3.8) is 0 Å². The van der Waals surface area contributed by atoms with Gasteiger partial charge in [0.1, 0.15) is 17.3 Å². The van der Waals surface area contributed by atoms with Crippen LogP contribution in [0, 0.1) is 0 Å². The first-order valence-corrected chi connectivity index (χ1v) is 10.4. The molecule has 0 atom stereocenters. The number of halogens is 3. The van der Waals surface area contributed by atoms with E-state index in [0.29, 0.717) is 5.75 Å². The summed E-state index contributed by atoms with van der Waals surface area (Å²) in [6, 6.07) is 11.9. The lowest BCUT2D eigenvalue weighted by Gasteiger charge is -2.10. The van der Waals surface area contributed by atoms with E-state index in [0.717, 1.165) is 17.7 Å². The van der Waals surface area contributed by atoms with Gasteiger partial charge in [-0.2, -0.15) is 21.6 Å². The summed E-state index contributed by atoms with van der Waals surface area (Å²) in [6.45, 7) is 0.222. The van der Waals surface area contributed by atoms with Crippen molar-refractivity contribution >= 4 is 10.1 Å². The molecule has 0 fully saturated rings. The lowest BCUT2D eigenvalue weighted by atomic mass is 10.2. The molecule has 32 heavy (non-hydrogen) atoms. The maximum atomic E-state index is 12.5. The number of aromatic nitrogens is 2. The number of ether oxygens (including phenoxy) is 2. The van der Waals surface area contributed by atoms with Gasteiger partial charge in [0, 0.05) is 11.8 Å². The van der Waals surface area contributed by atoms with E-state index >= 15 is 0 Å². The van der Waals surface area contributed by atoms with Crippen molar-refractivity contribution in [2.45, 2.75) is 18.7 Å². The Morgan fingerprint density at radius 2 is 1.75 bits per heavy atom. The Labute approximate surface area is 180 Å². The molecule has 1 heterocycles. The highest BCUT2D eigenvalue weighted by Crippen LogP contribution is 2.28. The average Bonchev–Trinajstić information content (AvgIpc) is 2.74. The van der Waals surface area contributed by atoms with Crippen LogP contribution in [0.3, 0.4) is 0 Å². The van der Waals surface area contributed by atoms with Gasteiger partial charge < -0.3 is 18.6 Å². The minimum atomic E-state index is -5.82. The molecule has 3 aromatic rings. The van der Waals surface area contributed by atoms with Crippen molar-refractivity contribution in [3.05, 3.63) is 76.2 Å². The van der Waals surface area contributed by atoms with Gasteiger partial charge >= 0.3 is 15.6 Å². The summed E-state index contributed by atoms with van der Waals surface area (Å²) in [6.07, 6.45) is 1.27. The zero-order valence-corrected chi connectivity index (χ0v) is 17.4. The summed E-state index contributed by atoms with van der Waals surface area (Å²) < 4.78 is 74.5. The first-order valence-electron chi connectivity index (χ1n) is 8.99. The fourth-order valence-electron chi connectivity index (χ4n) is 2.54. The number of hydrogen-bond donors (Lipinski definition) is 1. The topological polar surface area (TPSA) is 108 Å². The van der Waals surface area contributed by atoms with E-state index in [4.69, 9.17) is 9.47 Å². The fourth-order valence-corrected chi connectivity index (χ4v) is 2.99. The molecule has 2 aromatic carbocycles. The van der Waals surface area contributed by atoms with Crippen molar-refractivity contribution in [1.82, 2.24) is 9.97 Å². The third-order valence-corrected chi connectivity index (χ3v) is 5.13. The number of H-pyrrole nitrogens is 1. The molecule has 0 aliphatic heterocycles. The van der Waals surface area contributed by atoms with Gasteiger partial charge in [0.05, 0.1) is 25.9 Å². The van der Waals surface area contributed by atoms with E-state index in [1.54, 1.807) is 19.2 Å². The van der Waals surface area contributed by atoms with Gasteiger partial charge in [-0.3, -0.25) is 4.79 Å². The second-order valence-electron chi connectivity index (χ2n) is 6.44. The number of nitrogens with one attached hydrogen (secondary N) is 1. The molecule has 0 unspecified atom stereocenters. The van der Waals surface area contributed by atoms with Crippen LogP contribution in [0.15, 0.2) is 59.5 Å². The lowest BCUT2D eigenvalue weighted by molar-refractivity contribution is -0.0500. The third kappa shape index (κ3) is 5.65. The summed E-state index contributed by atoms with van der Waals surface area (Å²) >= 11 is 0. The molecule has 8 nitrogen and oxygen atoms in total. The molecule has 0 aliphatic rings. The number of methoxy groups -OCH3 is 1. The zero-order valence-electron chi connectivity index (χ0n) is 16.5. The molecule has 1 aromatic heterocycles. The number of hydrogen-bond acceptors (Lipinski definition) is 7. The standard InChI is InChI=1S/C20H17F3N2O6S/c1-29-16-7-5-13(6-8-16)11-30-12-15-10-24-18(25-19(15)26)14-3-2-4-17(9-14)31-32(27,28)20(21,22)23/h2-10H,11-12H2,1H3,(H,24,25,26). The van der Waals surface area contributed by atoms with Crippen molar-refractivity contribution in [2.75, 3.05) is 7.11 Å². The van der Waals surface area contributed by atoms with Gasteiger partial charge in [0.15, 0.2) is 0 Å². The maximum Gasteiger partial charge on any atom is 0.534 e. The molecule has 12 heteroatoms. The van der Waals surface area contributed by atoms with E-state index < -0.39 is 26.9 Å². The van der Waals surface area contributed by atoms with Crippen LogP contribution < -0.4 is 14.5 Å². The predicted octanol–water partition coefficient (Wildman–Crippen LogP) is 3.39. The van der Waals surface area contributed by atoms with Gasteiger partial charge in [-0.05, 0) is 29.8 Å². The Kier molecular flexibility index (Phi) is 6.84. The summed E-state index contributed by atoms with van der Waals surface area (Å²) in [4.78, 5) is 18.9. The van der Waals surface area contributed by atoms with Crippen LogP contribution >= 0.6 is 0 Å². The van der Waals surface area contributed by atoms with E-state index in [1.165, 1.54) is 18.3 Å². The SMILES string of the molecule is COc1ccc(COCc2cnc(-c3cccc(OS(=O)(=O)C(F)(F)F)c3)[nH]c2=O)cc1. The Morgan fingerprint density at radius 1 is 1.03 bits per heavy atom. The Hall–Kier alpha value is -3.38. The van der Waals surface area contributed by atoms with Crippen LogP contribution in [0.5, 0.6) is 11.5 Å². The zero-order chi connectivity index (χ0) is 23.4. The minimum Gasteiger partial charge on any atom is -0.497 e. The van der Waals surface area contributed by atoms with E-state index in [1.807, 2.05) is 12.1 Å². The quantitative estimate of drug-likeness (QED) is 0.397. The Morgan fingerprint density at radius 3 is 2.38 bits per heavy atom. The van der Waals surface area contributed by atoms with Crippen molar-refractivity contribution < 1.29 is 35.2 Å². The molecule has 0 aliphatic carbocycles. The fraction of sp³-hybridized carbons (Fsp3) is 0.200. The highest BCUT2D eigenvalue weighted by Gasteiger charge is 2.48. The van der Waals surface area contributed by atoms with Gasteiger partial charge in [0.25, 0.3) is 5.56 Å². The molecule has 170 valence electrons. The molecule has 0 saturated heterocycles. The third-order valence-electron chi connectivity index (χ3n) is 4.16. The van der Waals surface area contributed by atoms with Gasteiger partial charge in [-0.1, -0.05) is 24.3 Å². The molecule has 0 amide bonds. The summed E-state index contributed by atoms with van der Waals surface area (Å²) in [5, 5.41) is 0. The molecular formula is C20H17F3N2O6S. The normalized spacial score (nSPS) is 11.9. The highest BCUT2D eigenvalue weighted by atomic mass is 32.2. The Bertz CT molecular complexity index is 1240. The summed E-state index contributed by atoms with van der Waals surface area (Å²) in [7, 11) is -4.26. The van der Waals surface area contributed by atoms with Crippen molar-refractivity contribution in [2.24, 2.45) is 0 Å². The number of aromatic amines is 1. The van der Waals surface area contributed by atoms with Crippen LogP contribution in [0.4, 0.5) is 13.2 Å². The van der Waals surface area contributed by atoms with Crippen molar-refractivity contribution in [3.8, 4) is 22.9 Å². The average molecular weight is 470 g/mol. The second kappa shape index (κ2) is 9.40. The predicted molar refractivity (Wildman–Crippen MR) is 107 cm³/mol. The molecule has 0 spiro atoms. The first-order chi connectivity index (χ1) is 15.1. The monoisotopic (exact) mass is 470 g/mol. The smallest absolute Gasteiger partial charge is 0.497 e. The summed E-state index contributed by atoms with van der Waals surface area (Å²) in [5.41, 5.74) is -4.82. The van der Waals surface area contributed by atoms with Crippen LogP contribution in [0.1, 0.15) is 11.1 Å². The lowest BCUT2D eigenvalue weighted by Crippen LogP contribution is -2.28. The van der Waals surface area contributed by atoms with Crippen LogP contribution in [0.2, 0.25) is 0 Å². The van der Waals surface area contributed by atoms with Crippen LogP contribution in [-0.2, 0) is 28.1 Å². The number of alkyl halides is 3. The van der Waals surface area contributed by atoms with Gasteiger partial charge in [-0.15, -0.1) is 0 Å². The molecular weight excluding hydrogens is 453 g/mol. The number of benzene rings is 2. The molecule has 3 rings (SSSR count). The van der Waals surface area contributed by atoms with Crippen LogP contribution in [0.25, 0.3) is 11.4 Å². The Balaban J connectivity index is 1.69. The number of nitrogens with zero attached hydrogens (tertiary/aromatic N) is 1. The highest BCUT2D eigenvalue weighted by molar-refractivity contribution is 7.88. The minimum absolute atomic E-state index is 0.0174. The second-order valence-corrected chi connectivity index (χ2v) is 7.98. The molecule has 0 radical (unpaired) electrons. The van der Waals surface area contributed by atoms with E-state index in [2.05, 4.69) is 14.2 Å².